The van der Waals surface area contributed by atoms with Crippen molar-refractivity contribution in [3.05, 3.63) is 9.53 Å². The zero-order valence-corrected chi connectivity index (χ0v) is 10.8. The van der Waals surface area contributed by atoms with E-state index in [1.165, 1.54) is 0 Å². The highest BCUT2D eigenvalue weighted by atomic mass is 127. The van der Waals surface area contributed by atoms with Crippen molar-refractivity contribution in [3.63, 3.8) is 0 Å². The summed E-state index contributed by atoms with van der Waals surface area (Å²) < 4.78 is 2.53. The van der Waals surface area contributed by atoms with Gasteiger partial charge in [0.25, 0.3) is 0 Å². The van der Waals surface area contributed by atoms with Crippen molar-refractivity contribution in [1.29, 1.82) is 5.26 Å². The van der Waals surface area contributed by atoms with Gasteiger partial charge in [-0.2, -0.15) is 15.3 Å². The van der Waals surface area contributed by atoms with E-state index in [1.54, 1.807) is 4.68 Å². The molecule has 2 rings (SSSR count). The first-order valence-electron chi connectivity index (χ1n) is 4.77. The highest BCUT2D eigenvalue weighted by molar-refractivity contribution is 14.1. The summed E-state index contributed by atoms with van der Waals surface area (Å²) in [6.45, 7) is 2.80. The second-order valence-electron chi connectivity index (χ2n) is 3.26. The lowest BCUT2D eigenvalue weighted by Gasteiger charge is -2.00. The summed E-state index contributed by atoms with van der Waals surface area (Å²) in [5, 5.41) is 13.8. The molecule has 2 aromatic heterocycles. The molecule has 0 aliphatic heterocycles. The molecule has 6 nitrogen and oxygen atoms in total. The van der Waals surface area contributed by atoms with Crippen molar-refractivity contribution in [2.45, 2.75) is 19.9 Å². The summed E-state index contributed by atoms with van der Waals surface area (Å²) in [5.74, 6) is 0.395. The number of hydrogen-bond donors (Lipinski definition) is 1. The number of nitriles is 1. The van der Waals surface area contributed by atoms with Crippen molar-refractivity contribution in [2.75, 3.05) is 5.73 Å². The Hall–Kier alpha value is -1.43. The standard InChI is InChI=1S/C9H9IN6/c1-2-3-16-9-6(7(10)15-16)8(12)13-5(4-11)14-9/h2-3H2,1H3,(H2,12,13,14). The molecule has 0 amide bonds. The highest BCUT2D eigenvalue weighted by Gasteiger charge is 2.14. The van der Waals surface area contributed by atoms with Crippen LogP contribution in [0.25, 0.3) is 11.0 Å². The fourth-order valence-corrected chi connectivity index (χ4v) is 2.25. The van der Waals surface area contributed by atoms with Gasteiger partial charge in [-0.25, -0.2) is 9.67 Å². The van der Waals surface area contributed by atoms with Gasteiger partial charge in [-0.05, 0) is 29.0 Å². The molecule has 0 saturated heterocycles. The van der Waals surface area contributed by atoms with Crippen molar-refractivity contribution >= 4 is 39.4 Å². The summed E-state index contributed by atoms with van der Waals surface area (Å²) in [6, 6.07) is 1.89. The molecule has 0 radical (unpaired) electrons. The third kappa shape index (κ3) is 1.69. The van der Waals surface area contributed by atoms with Gasteiger partial charge >= 0.3 is 0 Å². The summed E-state index contributed by atoms with van der Waals surface area (Å²) in [4.78, 5) is 8.04. The van der Waals surface area contributed by atoms with Gasteiger partial charge in [0, 0.05) is 6.54 Å². The zero-order chi connectivity index (χ0) is 11.7. The molecule has 0 aromatic carbocycles. The van der Waals surface area contributed by atoms with Crippen molar-refractivity contribution in [2.24, 2.45) is 0 Å². The van der Waals surface area contributed by atoms with Crippen LogP contribution in [0.4, 0.5) is 5.82 Å². The van der Waals surface area contributed by atoms with Gasteiger partial charge in [0.05, 0.1) is 5.39 Å². The maximum absolute atomic E-state index is 8.79. The molecule has 0 unspecified atom stereocenters. The van der Waals surface area contributed by atoms with Crippen LogP contribution in [0.1, 0.15) is 19.2 Å². The summed E-state index contributed by atoms with van der Waals surface area (Å²) >= 11 is 2.09. The molecular weight excluding hydrogens is 319 g/mol. The quantitative estimate of drug-likeness (QED) is 0.839. The average Bonchev–Trinajstić information content (AvgIpc) is 2.56. The number of hydrogen-bond acceptors (Lipinski definition) is 5. The minimum atomic E-state index is 0.0821. The van der Waals surface area contributed by atoms with Crippen molar-refractivity contribution in [3.8, 4) is 6.07 Å². The van der Waals surface area contributed by atoms with Gasteiger partial charge in [-0.1, -0.05) is 6.92 Å². The average molecular weight is 328 g/mol. The molecule has 7 heteroatoms. The number of nitrogen functional groups attached to an aromatic ring is 1. The Morgan fingerprint density at radius 3 is 2.88 bits per heavy atom. The van der Waals surface area contributed by atoms with Crippen molar-refractivity contribution in [1.82, 2.24) is 19.7 Å². The van der Waals surface area contributed by atoms with Gasteiger partial charge in [0.1, 0.15) is 15.6 Å². The van der Waals surface area contributed by atoms with Crippen LogP contribution in [0.15, 0.2) is 0 Å². The van der Waals surface area contributed by atoms with Crippen molar-refractivity contribution < 1.29 is 0 Å². The molecule has 16 heavy (non-hydrogen) atoms. The largest absolute Gasteiger partial charge is 0.383 e. The van der Waals surface area contributed by atoms with E-state index in [0.717, 1.165) is 22.1 Å². The normalized spacial score (nSPS) is 10.6. The van der Waals surface area contributed by atoms with E-state index in [1.807, 2.05) is 6.07 Å². The molecule has 2 heterocycles. The first kappa shape index (κ1) is 11.1. The lowest BCUT2D eigenvalue weighted by Crippen LogP contribution is -2.03. The minimum Gasteiger partial charge on any atom is -0.383 e. The third-order valence-corrected chi connectivity index (χ3v) is 2.87. The van der Waals surface area contributed by atoms with Crippen LogP contribution >= 0.6 is 22.6 Å². The highest BCUT2D eigenvalue weighted by Crippen LogP contribution is 2.23. The number of halogens is 1. The lowest BCUT2D eigenvalue weighted by atomic mass is 10.4. The first-order chi connectivity index (χ1) is 7.67. The smallest absolute Gasteiger partial charge is 0.236 e. The van der Waals surface area contributed by atoms with Crippen LogP contribution in [0.3, 0.4) is 0 Å². The zero-order valence-electron chi connectivity index (χ0n) is 8.61. The molecule has 2 N–H and O–H groups in total. The molecule has 0 saturated carbocycles. The van der Waals surface area contributed by atoms with Crippen LogP contribution in [0, 0.1) is 15.0 Å². The van der Waals surface area contributed by atoms with Gasteiger partial charge in [-0.3, -0.25) is 0 Å². The first-order valence-corrected chi connectivity index (χ1v) is 5.84. The summed E-state index contributed by atoms with van der Waals surface area (Å²) in [7, 11) is 0. The van der Waals surface area contributed by atoms with E-state index < -0.39 is 0 Å². The molecule has 0 aliphatic carbocycles. The second-order valence-corrected chi connectivity index (χ2v) is 4.28. The molecule has 0 bridgehead atoms. The monoisotopic (exact) mass is 328 g/mol. The number of rotatable bonds is 2. The topological polar surface area (TPSA) is 93.4 Å². The summed E-state index contributed by atoms with van der Waals surface area (Å²) in [6.07, 6.45) is 0.943. The molecule has 82 valence electrons. The Balaban J connectivity index is 2.77. The number of fused-ring (bicyclic) bond motifs is 1. The predicted molar refractivity (Wildman–Crippen MR) is 67.5 cm³/mol. The van der Waals surface area contributed by atoms with Crippen LogP contribution in [0.5, 0.6) is 0 Å². The maximum atomic E-state index is 8.79. The maximum Gasteiger partial charge on any atom is 0.236 e. The van der Waals surface area contributed by atoms with Gasteiger partial charge in [0.2, 0.25) is 5.82 Å². The lowest BCUT2D eigenvalue weighted by molar-refractivity contribution is 0.612. The number of aryl methyl sites for hydroxylation is 1. The minimum absolute atomic E-state index is 0.0821. The number of anilines is 1. The number of nitrogens with two attached hydrogens (primary N) is 1. The molecule has 0 aliphatic rings. The Kier molecular flexibility index (Phi) is 2.91. The van der Waals surface area contributed by atoms with Gasteiger partial charge < -0.3 is 5.73 Å². The van der Waals surface area contributed by atoms with E-state index in [-0.39, 0.29) is 5.82 Å². The van der Waals surface area contributed by atoms with Crippen LogP contribution in [0.2, 0.25) is 0 Å². The van der Waals surface area contributed by atoms with Crippen LogP contribution < -0.4 is 5.73 Å². The SMILES string of the molecule is CCCn1nc(I)c2c(N)nc(C#N)nc21. The van der Waals surface area contributed by atoms with Crippen LogP contribution in [-0.2, 0) is 6.54 Å². The Morgan fingerprint density at radius 2 is 2.25 bits per heavy atom. The molecular formula is C9H9IN6. The van der Waals surface area contributed by atoms with E-state index in [4.69, 9.17) is 11.0 Å². The Bertz CT molecular complexity index is 582. The molecule has 0 fully saturated rings. The molecule has 0 spiro atoms. The third-order valence-electron chi connectivity index (χ3n) is 2.11. The van der Waals surface area contributed by atoms with E-state index in [9.17, 15) is 0 Å². The number of nitrogens with zero attached hydrogens (tertiary/aromatic N) is 5. The summed E-state index contributed by atoms with van der Waals surface area (Å²) in [5.41, 5.74) is 6.42. The fraction of sp³-hybridized carbons (Fsp3) is 0.333. The number of aromatic nitrogens is 4. The van der Waals surface area contributed by atoms with E-state index in [2.05, 4.69) is 44.6 Å². The molecule has 2 aromatic rings. The van der Waals surface area contributed by atoms with Crippen LogP contribution in [-0.4, -0.2) is 19.7 Å². The Labute approximate surface area is 106 Å². The van der Waals surface area contributed by atoms with E-state index >= 15 is 0 Å². The fourth-order valence-electron chi connectivity index (χ4n) is 1.47. The van der Waals surface area contributed by atoms with Gasteiger partial charge in [0.15, 0.2) is 5.65 Å². The van der Waals surface area contributed by atoms with Gasteiger partial charge in [-0.15, -0.1) is 0 Å². The molecule has 0 atom stereocenters. The second kappa shape index (κ2) is 4.21. The van der Waals surface area contributed by atoms with E-state index in [0.29, 0.717) is 11.5 Å². The predicted octanol–water partition coefficient (Wildman–Crippen LogP) is 1.29. The Morgan fingerprint density at radius 1 is 1.50 bits per heavy atom.